The minimum atomic E-state index is -0.323. The molecule has 0 bridgehead atoms. The predicted molar refractivity (Wildman–Crippen MR) is 107 cm³/mol. The molecule has 0 saturated heterocycles. The maximum Gasteiger partial charge on any atom is 0.240 e. The molecule has 0 aromatic heterocycles. The minimum Gasteiger partial charge on any atom is -0.493 e. The molecule has 0 spiro atoms. The van der Waals surface area contributed by atoms with Gasteiger partial charge in [0.1, 0.15) is 5.75 Å². The summed E-state index contributed by atoms with van der Waals surface area (Å²) in [5, 5.41) is 6.77. The SMILES string of the molecule is CCOc1ccccc1C=NNC(=O)CCC(=O)Nc1cccc(C)c1C. The van der Waals surface area contributed by atoms with Crippen molar-refractivity contribution >= 4 is 23.7 Å². The quantitative estimate of drug-likeness (QED) is 0.553. The Kier molecular flexibility index (Phi) is 7.55. The number of hydrazone groups is 1. The molecule has 0 fully saturated rings. The first-order chi connectivity index (χ1) is 13.0. The van der Waals surface area contributed by atoms with Crippen molar-refractivity contribution in [1.29, 1.82) is 0 Å². The second kappa shape index (κ2) is 10.1. The fourth-order valence-electron chi connectivity index (χ4n) is 2.43. The van der Waals surface area contributed by atoms with E-state index in [9.17, 15) is 9.59 Å². The van der Waals surface area contributed by atoms with E-state index < -0.39 is 0 Å². The molecule has 0 radical (unpaired) electrons. The Hall–Kier alpha value is -3.15. The third-order valence-electron chi connectivity index (χ3n) is 4.07. The van der Waals surface area contributed by atoms with Gasteiger partial charge in [-0.2, -0.15) is 5.10 Å². The summed E-state index contributed by atoms with van der Waals surface area (Å²) < 4.78 is 5.49. The van der Waals surface area contributed by atoms with E-state index >= 15 is 0 Å². The molecule has 6 heteroatoms. The monoisotopic (exact) mass is 367 g/mol. The normalized spacial score (nSPS) is 10.6. The fraction of sp³-hybridized carbons (Fsp3) is 0.286. The third kappa shape index (κ3) is 6.26. The maximum absolute atomic E-state index is 12.0. The summed E-state index contributed by atoms with van der Waals surface area (Å²) in [6.45, 7) is 6.39. The summed E-state index contributed by atoms with van der Waals surface area (Å²) in [6.07, 6.45) is 1.67. The Morgan fingerprint density at radius 3 is 2.56 bits per heavy atom. The summed E-state index contributed by atoms with van der Waals surface area (Å²) >= 11 is 0. The Bertz CT molecular complexity index is 831. The van der Waals surface area contributed by atoms with Gasteiger partial charge < -0.3 is 10.1 Å². The molecular weight excluding hydrogens is 342 g/mol. The topological polar surface area (TPSA) is 79.8 Å². The molecule has 0 aliphatic carbocycles. The highest BCUT2D eigenvalue weighted by molar-refractivity contribution is 5.94. The molecule has 0 heterocycles. The summed E-state index contributed by atoms with van der Waals surface area (Å²) in [5.41, 5.74) is 6.10. The summed E-state index contributed by atoms with van der Waals surface area (Å²) in [6, 6.07) is 13.1. The number of nitrogens with one attached hydrogen (secondary N) is 2. The number of hydrogen-bond donors (Lipinski definition) is 2. The number of hydrogen-bond acceptors (Lipinski definition) is 4. The van der Waals surface area contributed by atoms with Crippen LogP contribution in [0.4, 0.5) is 5.69 Å². The molecule has 0 aliphatic rings. The number of aryl methyl sites for hydroxylation is 1. The first-order valence-corrected chi connectivity index (χ1v) is 8.91. The highest BCUT2D eigenvalue weighted by Gasteiger charge is 2.09. The van der Waals surface area contributed by atoms with Gasteiger partial charge in [0.25, 0.3) is 0 Å². The molecule has 2 N–H and O–H groups in total. The Morgan fingerprint density at radius 1 is 1.04 bits per heavy atom. The summed E-state index contributed by atoms with van der Waals surface area (Å²) in [4.78, 5) is 23.9. The smallest absolute Gasteiger partial charge is 0.240 e. The van der Waals surface area contributed by atoms with Gasteiger partial charge in [-0.3, -0.25) is 9.59 Å². The van der Waals surface area contributed by atoms with Crippen LogP contribution < -0.4 is 15.5 Å². The molecule has 2 aromatic rings. The molecule has 2 rings (SSSR count). The lowest BCUT2D eigenvalue weighted by Gasteiger charge is -2.10. The van der Waals surface area contributed by atoms with Gasteiger partial charge in [-0.25, -0.2) is 5.43 Å². The number of nitrogens with zero attached hydrogens (tertiary/aromatic N) is 1. The zero-order chi connectivity index (χ0) is 19.6. The molecule has 0 atom stereocenters. The zero-order valence-corrected chi connectivity index (χ0v) is 15.9. The molecule has 27 heavy (non-hydrogen) atoms. The predicted octanol–water partition coefficient (Wildman–Crippen LogP) is 3.57. The van der Waals surface area contributed by atoms with Crippen LogP contribution in [0.3, 0.4) is 0 Å². The fourth-order valence-corrected chi connectivity index (χ4v) is 2.43. The lowest BCUT2D eigenvalue weighted by atomic mass is 10.1. The van der Waals surface area contributed by atoms with Gasteiger partial charge in [0, 0.05) is 24.1 Å². The highest BCUT2D eigenvalue weighted by Crippen LogP contribution is 2.18. The van der Waals surface area contributed by atoms with Gasteiger partial charge in [-0.05, 0) is 50.1 Å². The Balaban J connectivity index is 1.81. The Morgan fingerprint density at radius 2 is 1.78 bits per heavy atom. The van der Waals surface area contributed by atoms with E-state index in [2.05, 4.69) is 15.8 Å². The molecular formula is C21H25N3O3. The standard InChI is InChI=1S/C21H25N3O3/c1-4-27-19-11-6-5-9-17(19)14-22-24-21(26)13-12-20(25)23-18-10-7-8-15(2)16(18)3/h5-11,14H,4,12-13H2,1-3H3,(H,23,25)(H,24,26). The van der Waals surface area contributed by atoms with Crippen LogP contribution in [0.25, 0.3) is 0 Å². The van der Waals surface area contributed by atoms with E-state index in [0.717, 1.165) is 22.4 Å². The van der Waals surface area contributed by atoms with Crippen molar-refractivity contribution < 1.29 is 14.3 Å². The van der Waals surface area contributed by atoms with E-state index in [1.165, 1.54) is 6.21 Å². The molecule has 6 nitrogen and oxygen atoms in total. The van der Waals surface area contributed by atoms with Crippen molar-refractivity contribution in [3.63, 3.8) is 0 Å². The number of carbonyl (C=O) groups excluding carboxylic acids is 2. The van der Waals surface area contributed by atoms with Crippen LogP contribution in [-0.4, -0.2) is 24.6 Å². The van der Waals surface area contributed by atoms with Gasteiger partial charge in [0.15, 0.2) is 0 Å². The first-order valence-electron chi connectivity index (χ1n) is 8.91. The van der Waals surface area contributed by atoms with Crippen molar-refractivity contribution in [2.45, 2.75) is 33.6 Å². The average molecular weight is 367 g/mol. The molecule has 0 aliphatic heterocycles. The molecule has 0 unspecified atom stereocenters. The van der Waals surface area contributed by atoms with E-state index in [-0.39, 0.29) is 24.7 Å². The first kappa shape index (κ1) is 20.2. The van der Waals surface area contributed by atoms with Crippen LogP contribution in [0.1, 0.15) is 36.5 Å². The van der Waals surface area contributed by atoms with Crippen LogP contribution in [0, 0.1) is 13.8 Å². The average Bonchev–Trinajstić information content (AvgIpc) is 2.65. The van der Waals surface area contributed by atoms with E-state index in [0.29, 0.717) is 12.4 Å². The van der Waals surface area contributed by atoms with Crippen molar-refractivity contribution in [3.05, 3.63) is 59.2 Å². The van der Waals surface area contributed by atoms with Gasteiger partial charge in [0.05, 0.1) is 12.8 Å². The number of ether oxygens (including phenoxy) is 1. The molecule has 0 saturated carbocycles. The van der Waals surface area contributed by atoms with Crippen LogP contribution in [0.5, 0.6) is 5.75 Å². The minimum absolute atomic E-state index is 0.0567. The van der Waals surface area contributed by atoms with Crippen LogP contribution in [0.15, 0.2) is 47.6 Å². The van der Waals surface area contributed by atoms with Crippen molar-refractivity contribution in [2.75, 3.05) is 11.9 Å². The van der Waals surface area contributed by atoms with Crippen molar-refractivity contribution in [1.82, 2.24) is 5.43 Å². The van der Waals surface area contributed by atoms with E-state index in [1.807, 2.05) is 63.2 Å². The van der Waals surface area contributed by atoms with Crippen molar-refractivity contribution in [2.24, 2.45) is 5.10 Å². The van der Waals surface area contributed by atoms with E-state index in [1.54, 1.807) is 0 Å². The zero-order valence-electron chi connectivity index (χ0n) is 15.9. The number of para-hydroxylation sites is 1. The summed E-state index contributed by atoms with van der Waals surface area (Å²) in [5.74, 6) is 0.173. The Labute approximate surface area is 159 Å². The number of anilines is 1. The summed E-state index contributed by atoms with van der Waals surface area (Å²) in [7, 11) is 0. The number of carbonyl (C=O) groups is 2. The molecule has 142 valence electrons. The van der Waals surface area contributed by atoms with Gasteiger partial charge in [-0.1, -0.05) is 24.3 Å². The lowest BCUT2D eigenvalue weighted by molar-refractivity contribution is -0.124. The second-order valence-corrected chi connectivity index (χ2v) is 6.06. The van der Waals surface area contributed by atoms with Gasteiger partial charge >= 0.3 is 0 Å². The van der Waals surface area contributed by atoms with Gasteiger partial charge in [0.2, 0.25) is 11.8 Å². The van der Waals surface area contributed by atoms with Crippen LogP contribution in [-0.2, 0) is 9.59 Å². The van der Waals surface area contributed by atoms with Crippen LogP contribution >= 0.6 is 0 Å². The third-order valence-corrected chi connectivity index (χ3v) is 4.07. The lowest BCUT2D eigenvalue weighted by Crippen LogP contribution is -2.21. The molecule has 2 aromatic carbocycles. The molecule has 2 amide bonds. The second-order valence-electron chi connectivity index (χ2n) is 6.06. The van der Waals surface area contributed by atoms with Crippen molar-refractivity contribution in [3.8, 4) is 5.75 Å². The highest BCUT2D eigenvalue weighted by atomic mass is 16.5. The van der Waals surface area contributed by atoms with Crippen LogP contribution in [0.2, 0.25) is 0 Å². The van der Waals surface area contributed by atoms with Gasteiger partial charge in [-0.15, -0.1) is 0 Å². The maximum atomic E-state index is 12.0. The van der Waals surface area contributed by atoms with E-state index in [4.69, 9.17) is 4.74 Å². The largest absolute Gasteiger partial charge is 0.493 e. The number of amides is 2. The number of rotatable bonds is 8. The number of benzene rings is 2.